The van der Waals surface area contributed by atoms with Gasteiger partial charge < -0.3 is 20.1 Å². The van der Waals surface area contributed by atoms with Crippen LogP contribution in [0.3, 0.4) is 0 Å². The number of benzene rings is 2. The quantitative estimate of drug-likeness (QED) is 0.268. The first-order valence-corrected chi connectivity index (χ1v) is 12.9. The molecule has 1 aromatic heterocycles. The Morgan fingerprint density at radius 2 is 1.77 bits per heavy atom. The van der Waals surface area contributed by atoms with E-state index in [9.17, 15) is 18.0 Å². The molecule has 0 amide bonds. The third-order valence-electron chi connectivity index (χ3n) is 6.05. The highest BCUT2D eigenvalue weighted by Gasteiger charge is 2.21. The second-order valence-electron chi connectivity index (χ2n) is 8.25. The van der Waals surface area contributed by atoms with Crippen LogP contribution in [0, 0.1) is 0 Å². The number of fused-ring (bicyclic) bond motifs is 1. The summed E-state index contributed by atoms with van der Waals surface area (Å²) in [5.74, 6) is 0. The highest BCUT2D eigenvalue weighted by atomic mass is 32.2. The topological polar surface area (TPSA) is 139 Å². The van der Waals surface area contributed by atoms with E-state index in [0.29, 0.717) is 11.3 Å². The lowest BCUT2D eigenvalue weighted by Crippen LogP contribution is -2.36. The number of hydrogen-bond acceptors (Lipinski definition) is 8. The summed E-state index contributed by atoms with van der Waals surface area (Å²) < 4.78 is 25.2. The summed E-state index contributed by atoms with van der Waals surface area (Å²) in [4.78, 5) is 31.2. The number of imidazole rings is 1. The maximum Gasteiger partial charge on any atom is 0.253 e. The average molecular weight is 497 g/mol. The van der Waals surface area contributed by atoms with Gasteiger partial charge in [-0.2, -0.15) is 0 Å². The second-order valence-corrected chi connectivity index (χ2v) is 9.81. The zero-order chi connectivity index (χ0) is 25.2. The molecular formula is C24H28N6O4S. The Labute approximate surface area is 203 Å². The fourth-order valence-electron chi connectivity index (χ4n) is 3.95. The van der Waals surface area contributed by atoms with Crippen molar-refractivity contribution in [3.8, 4) is 0 Å². The molecule has 0 aliphatic heterocycles. The Balaban J connectivity index is 1.51. The van der Waals surface area contributed by atoms with Crippen molar-refractivity contribution in [3.63, 3.8) is 0 Å². The lowest BCUT2D eigenvalue weighted by molar-refractivity contribution is 0.292. The molecule has 0 saturated carbocycles. The first-order chi connectivity index (χ1) is 16.7. The van der Waals surface area contributed by atoms with Gasteiger partial charge >= 0.3 is 0 Å². The van der Waals surface area contributed by atoms with Crippen molar-refractivity contribution in [1.82, 2.24) is 14.5 Å². The molecule has 3 aromatic carbocycles. The smallest absolute Gasteiger partial charge is 0.253 e. The van der Waals surface area contributed by atoms with Gasteiger partial charge in [0.1, 0.15) is 11.4 Å². The maximum atomic E-state index is 12.3. The lowest BCUT2D eigenvalue weighted by atomic mass is 10.1. The van der Waals surface area contributed by atoms with Gasteiger partial charge in [0.25, 0.3) is 10.9 Å². The van der Waals surface area contributed by atoms with E-state index in [4.69, 9.17) is 5.14 Å². The second kappa shape index (κ2) is 9.98. The monoisotopic (exact) mass is 496 g/mol. The SMILES string of the molecule is CCN(CC)CCn1cnc2ccc(Nc3c(NCc4cccc(S(N)(=O)=O)c4)c(=O)c3=O)cc21. The maximum absolute atomic E-state index is 12.3. The molecule has 11 heteroatoms. The van der Waals surface area contributed by atoms with Crippen molar-refractivity contribution in [2.45, 2.75) is 31.8 Å². The minimum absolute atomic E-state index is 0.0222. The van der Waals surface area contributed by atoms with E-state index in [2.05, 4.69) is 38.9 Å². The number of primary sulfonamides is 1. The van der Waals surface area contributed by atoms with Gasteiger partial charge in [0, 0.05) is 25.3 Å². The summed E-state index contributed by atoms with van der Waals surface area (Å²) in [5.41, 5.74) is 2.13. The van der Waals surface area contributed by atoms with Crippen LogP contribution < -0.4 is 26.6 Å². The average Bonchev–Trinajstić information content (AvgIpc) is 3.25. The Hall–Kier alpha value is -3.54. The summed E-state index contributed by atoms with van der Waals surface area (Å²) in [5, 5.41) is 11.2. The van der Waals surface area contributed by atoms with Crippen LogP contribution in [0.1, 0.15) is 19.4 Å². The molecule has 0 spiro atoms. The normalized spacial score (nSPS) is 12.0. The van der Waals surface area contributed by atoms with E-state index in [1.807, 2.05) is 12.1 Å². The van der Waals surface area contributed by atoms with E-state index in [-0.39, 0.29) is 22.8 Å². The standard InChI is InChI=1S/C24H28N6O4S/c1-3-29(4-2)10-11-30-15-27-19-9-8-17(13-20(19)30)28-22-21(23(31)24(22)32)26-14-16-6-5-7-18(12-16)35(25,33)34/h5-9,12-13,15,26,28H,3-4,10-11,14H2,1-2H3,(H2,25,33,34). The highest BCUT2D eigenvalue weighted by Crippen LogP contribution is 2.25. The molecule has 0 bridgehead atoms. The predicted octanol–water partition coefficient (Wildman–Crippen LogP) is 1.98. The molecule has 1 heterocycles. The molecule has 0 saturated heterocycles. The molecule has 0 unspecified atom stereocenters. The molecule has 0 fully saturated rings. The first-order valence-electron chi connectivity index (χ1n) is 11.3. The number of nitrogens with two attached hydrogens (primary N) is 1. The third-order valence-corrected chi connectivity index (χ3v) is 6.96. The molecule has 35 heavy (non-hydrogen) atoms. The number of likely N-dealkylation sites (N-methyl/N-ethyl adjacent to an activating group) is 1. The van der Waals surface area contributed by atoms with Crippen molar-refractivity contribution in [2.24, 2.45) is 5.14 Å². The van der Waals surface area contributed by atoms with Crippen molar-refractivity contribution in [3.05, 3.63) is 74.8 Å². The van der Waals surface area contributed by atoms with Gasteiger partial charge in [-0.25, -0.2) is 18.5 Å². The number of anilines is 3. The van der Waals surface area contributed by atoms with Crippen LogP contribution >= 0.6 is 0 Å². The Morgan fingerprint density at radius 1 is 1.03 bits per heavy atom. The van der Waals surface area contributed by atoms with E-state index in [1.54, 1.807) is 24.5 Å². The highest BCUT2D eigenvalue weighted by molar-refractivity contribution is 7.89. The van der Waals surface area contributed by atoms with E-state index < -0.39 is 20.9 Å². The molecule has 4 N–H and O–H groups in total. The molecule has 0 radical (unpaired) electrons. The van der Waals surface area contributed by atoms with Crippen molar-refractivity contribution < 1.29 is 8.42 Å². The molecule has 4 rings (SSSR count). The van der Waals surface area contributed by atoms with Gasteiger partial charge in [-0.05, 0) is 49.0 Å². The number of aromatic nitrogens is 2. The summed E-state index contributed by atoms with van der Waals surface area (Å²) in [6.07, 6.45) is 1.80. The van der Waals surface area contributed by atoms with Crippen LogP contribution in [0.2, 0.25) is 0 Å². The molecule has 0 aliphatic carbocycles. The number of nitrogens with zero attached hydrogens (tertiary/aromatic N) is 3. The van der Waals surface area contributed by atoms with Crippen molar-refractivity contribution >= 4 is 38.1 Å². The third kappa shape index (κ3) is 5.26. The van der Waals surface area contributed by atoms with Crippen LogP contribution in [-0.2, 0) is 23.1 Å². The van der Waals surface area contributed by atoms with Crippen LogP contribution in [0.25, 0.3) is 11.0 Å². The van der Waals surface area contributed by atoms with E-state index in [0.717, 1.165) is 37.2 Å². The van der Waals surface area contributed by atoms with Crippen LogP contribution in [-0.4, -0.2) is 42.5 Å². The zero-order valence-electron chi connectivity index (χ0n) is 19.6. The van der Waals surface area contributed by atoms with Gasteiger partial charge in [0.15, 0.2) is 0 Å². The summed E-state index contributed by atoms with van der Waals surface area (Å²) in [6, 6.07) is 11.7. The largest absolute Gasteiger partial charge is 0.376 e. The molecule has 4 aromatic rings. The Morgan fingerprint density at radius 3 is 2.49 bits per heavy atom. The Bertz CT molecular complexity index is 1530. The first kappa shape index (κ1) is 24.6. The summed E-state index contributed by atoms with van der Waals surface area (Å²) >= 11 is 0. The number of sulfonamides is 1. The number of hydrogen-bond donors (Lipinski definition) is 3. The number of rotatable bonds is 11. The molecule has 0 atom stereocenters. The zero-order valence-corrected chi connectivity index (χ0v) is 20.4. The fourth-order valence-corrected chi connectivity index (χ4v) is 4.53. The molecule has 10 nitrogen and oxygen atoms in total. The predicted molar refractivity (Wildman–Crippen MR) is 137 cm³/mol. The summed E-state index contributed by atoms with van der Waals surface area (Å²) in [6.45, 7) is 8.04. The van der Waals surface area contributed by atoms with Crippen molar-refractivity contribution in [1.29, 1.82) is 0 Å². The molecule has 0 aliphatic rings. The van der Waals surface area contributed by atoms with Crippen LogP contribution in [0.15, 0.2) is 63.3 Å². The van der Waals surface area contributed by atoms with Gasteiger partial charge in [0.2, 0.25) is 10.0 Å². The van der Waals surface area contributed by atoms with Gasteiger partial charge in [0.05, 0.1) is 22.3 Å². The minimum Gasteiger partial charge on any atom is -0.376 e. The van der Waals surface area contributed by atoms with Gasteiger partial charge in [-0.3, -0.25) is 9.59 Å². The summed E-state index contributed by atoms with van der Waals surface area (Å²) in [7, 11) is -3.84. The minimum atomic E-state index is -3.84. The van der Waals surface area contributed by atoms with Gasteiger partial charge in [-0.1, -0.05) is 26.0 Å². The van der Waals surface area contributed by atoms with Gasteiger partial charge in [-0.15, -0.1) is 0 Å². The molecular weight excluding hydrogens is 468 g/mol. The van der Waals surface area contributed by atoms with E-state index >= 15 is 0 Å². The lowest BCUT2D eigenvalue weighted by Gasteiger charge is -2.18. The fraction of sp³-hybridized carbons (Fsp3) is 0.292. The van der Waals surface area contributed by atoms with E-state index in [1.165, 1.54) is 12.1 Å². The number of nitrogens with one attached hydrogen (secondary N) is 2. The molecule has 184 valence electrons. The van der Waals surface area contributed by atoms with Crippen molar-refractivity contribution in [2.75, 3.05) is 30.3 Å². The van der Waals surface area contributed by atoms with Crippen LogP contribution in [0.5, 0.6) is 0 Å². The Kier molecular flexibility index (Phi) is 7.01. The van der Waals surface area contributed by atoms with Crippen LogP contribution in [0.4, 0.5) is 17.1 Å².